The molecule has 2 amide bonds. The number of hydrogen-bond donors (Lipinski definition) is 0. The Morgan fingerprint density at radius 2 is 1.48 bits per heavy atom. The van der Waals surface area contributed by atoms with Crippen molar-refractivity contribution in [1.82, 2.24) is 19.7 Å². The summed E-state index contributed by atoms with van der Waals surface area (Å²) >= 11 is 0. The van der Waals surface area contributed by atoms with E-state index in [-0.39, 0.29) is 11.8 Å². The fourth-order valence-corrected chi connectivity index (χ4v) is 3.48. The van der Waals surface area contributed by atoms with Crippen LogP contribution in [0.15, 0.2) is 18.2 Å². The second kappa shape index (κ2) is 7.95. The number of piperazine rings is 1. The number of aromatic nitrogens is 1. The summed E-state index contributed by atoms with van der Waals surface area (Å²) < 4.78 is 0. The average molecular weight is 344 g/mol. The van der Waals surface area contributed by atoms with E-state index in [1.54, 1.807) is 18.2 Å². The molecule has 6 heteroatoms. The number of likely N-dealkylation sites (tertiary alicyclic amines) is 1. The Hall–Kier alpha value is -1.95. The zero-order valence-corrected chi connectivity index (χ0v) is 15.3. The van der Waals surface area contributed by atoms with Crippen LogP contribution in [-0.2, 0) is 0 Å². The third kappa shape index (κ3) is 4.18. The summed E-state index contributed by atoms with van der Waals surface area (Å²) in [6.07, 6.45) is 2.07. The van der Waals surface area contributed by atoms with Gasteiger partial charge < -0.3 is 14.7 Å². The lowest BCUT2D eigenvalue weighted by molar-refractivity contribution is 0.0636. The zero-order chi connectivity index (χ0) is 17.8. The Morgan fingerprint density at radius 1 is 0.960 bits per heavy atom. The number of pyridine rings is 1. The molecule has 1 aromatic heterocycles. The van der Waals surface area contributed by atoms with Gasteiger partial charge in [-0.25, -0.2) is 4.98 Å². The van der Waals surface area contributed by atoms with Gasteiger partial charge in [0.05, 0.1) is 0 Å². The van der Waals surface area contributed by atoms with Crippen LogP contribution < -0.4 is 0 Å². The lowest BCUT2D eigenvalue weighted by Gasteiger charge is -2.34. The molecule has 2 aliphatic heterocycles. The molecule has 6 nitrogen and oxygen atoms in total. The summed E-state index contributed by atoms with van der Waals surface area (Å²) in [6.45, 7) is 10.1. The van der Waals surface area contributed by atoms with E-state index in [2.05, 4.69) is 23.7 Å². The Kier molecular flexibility index (Phi) is 5.68. The Labute approximate surface area is 149 Å². The standard InChI is InChI=1S/C19H28N4O2/c1-3-21-11-13-23(14-12-21)19(25)17-6-4-5-16(20-17)18(24)22-9-7-15(2)8-10-22/h4-6,15H,3,7-14H2,1-2H3. The third-order valence-electron chi connectivity index (χ3n) is 5.36. The molecule has 0 aliphatic carbocycles. The van der Waals surface area contributed by atoms with Gasteiger partial charge in [0.15, 0.2) is 0 Å². The molecule has 0 bridgehead atoms. The van der Waals surface area contributed by atoms with Gasteiger partial charge >= 0.3 is 0 Å². The minimum absolute atomic E-state index is 0.0580. The number of likely N-dealkylation sites (N-methyl/N-ethyl adjacent to an activating group) is 1. The summed E-state index contributed by atoms with van der Waals surface area (Å²) in [5.74, 6) is 0.543. The van der Waals surface area contributed by atoms with Crippen molar-refractivity contribution in [3.05, 3.63) is 29.6 Å². The van der Waals surface area contributed by atoms with Crippen LogP contribution in [-0.4, -0.2) is 77.3 Å². The number of hydrogen-bond acceptors (Lipinski definition) is 4. The maximum Gasteiger partial charge on any atom is 0.272 e. The lowest BCUT2D eigenvalue weighted by atomic mass is 9.99. The molecule has 2 saturated heterocycles. The molecule has 25 heavy (non-hydrogen) atoms. The van der Waals surface area contributed by atoms with Gasteiger partial charge in [-0.2, -0.15) is 0 Å². The summed E-state index contributed by atoms with van der Waals surface area (Å²) in [6, 6.07) is 5.19. The van der Waals surface area contributed by atoms with Crippen LogP contribution in [0.1, 0.15) is 47.7 Å². The van der Waals surface area contributed by atoms with Crippen molar-refractivity contribution in [2.45, 2.75) is 26.7 Å². The topological polar surface area (TPSA) is 56.8 Å². The van der Waals surface area contributed by atoms with Crippen LogP contribution in [0.25, 0.3) is 0 Å². The Bertz CT molecular complexity index is 618. The Morgan fingerprint density at radius 3 is 2.00 bits per heavy atom. The van der Waals surface area contributed by atoms with Crippen molar-refractivity contribution < 1.29 is 9.59 Å². The zero-order valence-electron chi connectivity index (χ0n) is 15.3. The van der Waals surface area contributed by atoms with Crippen LogP contribution >= 0.6 is 0 Å². The van der Waals surface area contributed by atoms with E-state index < -0.39 is 0 Å². The molecule has 3 heterocycles. The minimum Gasteiger partial charge on any atom is -0.337 e. The predicted molar refractivity (Wildman–Crippen MR) is 96.6 cm³/mol. The van der Waals surface area contributed by atoms with Crippen molar-refractivity contribution in [3.8, 4) is 0 Å². The smallest absolute Gasteiger partial charge is 0.272 e. The van der Waals surface area contributed by atoms with Gasteiger partial charge in [-0.15, -0.1) is 0 Å². The van der Waals surface area contributed by atoms with Gasteiger partial charge in [0, 0.05) is 39.3 Å². The molecular formula is C19H28N4O2. The van der Waals surface area contributed by atoms with Gasteiger partial charge in [0.25, 0.3) is 11.8 Å². The first-order valence-electron chi connectivity index (χ1n) is 9.36. The molecule has 3 rings (SSSR count). The number of carbonyl (C=O) groups is 2. The average Bonchev–Trinajstić information content (AvgIpc) is 2.67. The molecule has 0 unspecified atom stereocenters. The van der Waals surface area contributed by atoms with Crippen LogP contribution in [0.4, 0.5) is 0 Å². The normalized spacial score (nSPS) is 19.9. The number of amides is 2. The van der Waals surface area contributed by atoms with Crippen molar-refractivity contribution >= 4 is 11.8 Å². The quantitative estimate of drug-likeness (QED) is 0.838. The summed E-state index contributed by atoms with van der Waals surface area (Å²) in [4.78, 5) is 35.8. The highest BCUT2D eigenvalue weighted by Gasteiger charge is 2.25. The maximum absolute atomic E-state index is 12.7. The number of carbonyl (C=O) groups excluding carboxylic acids is 2. The fraction of sp³-hybridized carbons (Fsp3) is 0.632. The minimum atomic E-state index is -0.0716. The van der Waals surface area contributed by atoms with E-state index in [4.69, 9.17) is 0 Å². The first-order valence-corrected chi connectivity index (χ1v) is 9.36. The van der Waals surface area contributed by atoms with E-state index in [0.29, 0.717) is 17.3 Å². The van der Waals surface area contributed by atoms with E-state index in [1.165, 1.54) is 0 Å². The first kappa shape index (κ1) is 17.9. The van der Waals surface area contributed by atoms with E-state index >= 15 is 0 Å². The van der Waals surface area contributed by atoms with Crippen molar-refractivity contribution in [2.75, 3.05) is 45.8 Å². The van der Waals surface area contributed by atoms with Crippen LogP contribution in [0, 0.1) is 5.92 Å². The molecule has 2 aliphatic rings. The molecule has 0 N–H and O–H groups in total. The Balaban J connectivity index is 1.67. The van der Waals surface area contributed by atoms with Crippen molar-refractivity contribution in [2.24, 2.45) is 5.92 Å². The van der Waals surface area contributed by atoms with Crippen molar-refractivity contribution in [1.29, 1.82) is 0 Å². The highest BCUT2D eigenvalue weighted by atomic mass is 16.2. The summed E-state index contributed by atoms with van der Waals surface area (Å²) in [5, 5.41) is 0. The largest absolute Gasteiger partial charge is 0.337 e. The van der Waals surface area contributed by atoms with Gasteiger partial charge in [0.2, 0.25) is 0 Å². The molecule has 0 aromatic carbocycles. The summed E-state index contributed by atoms with van der Waals surface area (Å²) in [7, 11) is 0. The van der Waals surface area contributed by atoms with Gasteiger partial charge in [-0.05, 0) is 37.4 Å². The second-order valence-corrected chi connectivity index (χ2v) is 7.11. The molecule has 1 aromatic rings. The van der Waals surface area contributed by atoms with Gasteiger partial charge in [0.1, 0.15) is 11.4 Å². The molecule has 2 fully saturated rings. The molecule has 0 saturated carbocycles. The number of nitrogens with zero attached hydrogens (tertiary/aromatic N) is 4. The number of rotatable bonds is 3. The fourth-order valence-electron chi connectivity index (χ4n) is 3.48. The SMILES string of the molecule is CCN1CCN(C(=O)c2cccc(C(=O)N3CCC(C)CC3)n2)CC1. The predicted octanol–water partition coefficient (Wildman–Crippen LogP) is 1.73. The van der Waals surface area contributed by atoms with E-state index in [0.717, 1.165) is 58.7 Å². The molecule has 0 atom stereocenters. The van der Waals surface area contributed by atoms with Crippen LogP contribution in [0.3, 0.4) is 0 Å². The van der Waals surface area contributed by atoms with Crippen molar-refractivity contribution in [3.63, 3.8) is 0 Å². The second-order valence-electron chi connectivity index (χ2n) is 7.11. The molecule has 136 valence electrons. The van der Waals surface area contributed by atoms with E-state index in [9.17, 15) is 9.59 Å². The monoisotopic (exact) mass is 344 g/mol. The van der Waals surface area contributed by atoms with Crippen LogP contribution in [0.5, 0.6) is 0 Å². The molecule has 0 radical (unpaired) electrons. The maximum atomic E-state index is 12.7. The lowest BCUT2D eigenvalue weighted by Crippen LogP contribution is -2.48. The molecule has 0 spiro atoms. The first-order chi connectivity index (χ1) is 12.1. The van der Waals surface area contributed by atoms with Crippen LogP contribution in [0.2, 0.25) is 0 Å². The summed E-state index contributed by atoms with van der Waals surface area (Å²) in [5.41, 5.74) is 0.758. The highest BCUT2D eigenvalue weighted by Crippen LogP contribution is 2.18. The van der Waals surface area contributed by atoms with E-state index in [1.807, 2.05) is 9.80 Å². The van der Waals surface area contributed by atoms with Gasteiger partial charge in [-0.1, -0.05) is 19.9 Å². The third-order valence-corrected chi connectivity index (χ3v) is 5.36. The number of piperidine rings is 1. The molecular weight excluding hydrogens is 316 g/mol. The van der Waals surface area contributed by atoms with Gasteiger partial charge in [-0.3, -0.25) is 9.59 Å². The highest BCUT2D eigenvalue weighted by molar-refractivity contribution is 5.96.